The number of rotatable bonds is 7. The van der Waals surface area contributed by atoms with Crippen LogP contribution in [0.3, 0.4) is 0 Å². The topological polar surface area (TPSA) is 94.7 Å². The summed E-state index contributed by atoms with van der Waals surface area (Å²) in [6.45, 7) is 0.473. The molecular weight excluding hydrogens is 338 g/mol. The molecule has 26 heavy (non-hydrogen) atoms. The minimum atomic E-state index is -0.617. The molecule has 0 bridgehead atoms. The first kappa shape index (κ1) is 17.2. The van der Waals surface area contributed by atoms with Gasteiger partial charge in [-0.1, -0.05) is 12.1 Å². The second kappa shape index (κ2) is 7.52. The molecule has 3 aromatic rings. The zero-order valence-electron chi connectivity index (χ0n) is 13.9. The largest absolute Gasteiger partial charge is 0.465 e. The Morgan fingerprint density at radius 1 is 1.19 bits per heavy atom. The van der Waals surface area contributed by atoms with Gasteiger partial charge in [0.15, 0.2) is 6.29 Å². The molecule has 0 aliphatic heterocycles. The number of esters is 1. The molecule has 0 saturated carbocycles. The second-order valence-corrected chi connectivity index (χ2v) is 5.37. The van der Waals surface area contributed by atoms with Crippen LogP contribution in [0.25, 0.3) is 10.9 Å². The predicted molar refractivity (Wildman–Crippen MR) is 92.4 cm³/mol. The summed E-state index contributed by atoms with van der Waals surface area (Å²) in [7, 11) is 1.26. The highest BCUT2D eigenvalue weighted by molar-refractivity contribution is 6.12. The van der Waals surface area contributed by atoms with Gasteiger partial charge in [0.05, 0.1) is 7.11 Å². The van der Waals surface area contributed by atoms with Crippen molar-refractivity contribution < 1.29 is 28.6 Å². The Morgan fingerprint density at radius 2 is 2.04 bits per heavy atom. The summed E-state index contributed by atoms with van der Waals surface area (Å²) >= 11 is 0. The first-order valence-corrected chi connectivity index (χ1v) is 7.67. The van der Waals surface area contributed by atoms with Gasteiger partial charge in [0.1, 0.15) is 23.7 Å². The van der Waals surface area contributed by atoms with Crippen molar-refractivity contribution >= 4 is 29.6 Å². The lowest BCUT2D eigenvalue weighted by Gasteiger charge is -2.12. The molecule has 7 heteroatoms. The molecule has 0 unspecified atom stereocenters. The first-order chi connectivity index (χ1) is 12.7. The summed E-state index contributed by atoms with van der Waals surface area (Å²) in [5, 5.41) is 0.435. The Labute approximate surface area is 148 Å². The maximum Gasteiger partial charge on any atom is 0.342 e. The molecule has 0 spiro atoms. The maximum atomic E-state index is 12.3. The highest BCUT2D eigenvalue weighted by atomic mass is 16.5. The number of H-pyrrole nitrogens is 1. The van der Waals surface area contributed by atoms with Crippen LogP contribution in [0, 0.1) is 0 Å². The van der Waals surface area contributed by atoms with Gasteiger partial charge < -0.3 is 19.2 Å². The zero-order valence-corrected chi connectivity index (χ0v) is 13.9. The van der Waals surface area contributed by atoms with Gasteiger partial charge in [0, 0.05) is 22.7 Å². The molecule has 0 aliphatic rings. The van der Waals surface area contributed by atoms with Crippen molar-refractivity contribution in [2.45, 2.75) is 6.61 Å². The molecule has 1 heterocycles. The molecule has 2 aromatic carbocycles. The fraction of sp³-hybridized carbons (Fsp3) is 0.105. The Kier molecular flexibility index (Phi) is 4.98. The van der Waals surface area contributed by atoms with E-state index in [0.717, 1.165) is 5.56 Å². The van der Waals surface area contributed by atoms with Gasteiger partial charge in [-0.25, -0.2) is 4.79 Å². The monoisotopic (exact) mass is 353 g/mol. The molecule has 0 aliphatic carbocycles. The van der Waals surface area contributed by atoms with Crippen molar-refractivity contribution in [3.05, 3.63) is 59.3 Å². The van der Waals surface area contributed by atoms with E-state index in [4.69, 9.17) is 14.2 Å². The summed E-state index contributed by atoms with van der Waals surface area (Å²) in [5.41, 5.74) is 1.83. The van der Waals surface area contributed by atoms with Crippen molar-refractivity contribution in [2.75, 3.05) is 7.11 Å². The summed E-state index contributed by atoms with van der Waals surface area (Å²) in [6, 6.07) is 10.2. The van der Waals surface area contributed by atoms with Gasteiger partial charge in [-0.3, -0.25) is 9.59 Å². The first-order valence-electron chi connectivity index (χ1n) is 7.67. The third-order valence-corrected chi connectivity index (χ3v) is 3.80. The van der Waals surface area contributed by atoms with Crippen molar-refractivity contribution in [3.63, 3.8) is 0 Å². The zero-order chi connectivity index (χ0) is 18.5. The Hall–Kier alpha value is -3.61. The number of aldehydes is 1. The lowest BCUT2D eigenvalue weighted by molar-refractivity contribution is -0.129. The van der Waals surface area contributed by atoms with Crippen LogP contribution in [-0.2, 0) is 20.9 Å². The summed E-state index contributed by atoms with van der Waals surface area (Å²) in [5.74, 6) is 0.0824. The van der Waals surface area contributed by atoms with Crippen molar-refractivity contribution in [1.29, 1.82) is 0 Å². The number of methoxy groups -OCH3 is 1. The molecule has 132 valence electrons. The molecule has 0 amide bonds. The predicted octanol–water partition coefficient (Wildman–Crippen LogP) is 3.23. The number of nitrogens with one attached hydrogen (secondary N) is 1. The van der Waals surface area contributed by atoms with E-state index >= 15 is 0 Å². The average Bonchev–Trinajstić information content (AvgIpc) is 3.09. The number of benzene rings is 2. The Morgan fingerprint density at radius 3 is 2.77 bits per heavy atom. The van der Waals surface area contributed by atoms with E-state index in [1.54, 1.807) is 36.4 Å². The molecule has 3 rings (SSSR count). The van der Waals surface area contributed by atoms with Crippen LogP contribution in [0.1, 0.15) is 26.3 Å². The standard InChI is InChI=1S/C19H15NO6/c1-24-19(23)18-16(6-5-15-17(18)13(9-21)8-20-15)26-14-4-2-3-12(7-14)10-25-11-22/h2-9,11,20H,10H2,1H3. The SMILES string of the molecule is COC(=O)c1c(Oc2cccc(COC=O)c2)ccc2[nH]cc(C=O)c12. The van der Waals surface area contributed by atoms with Crippen molar-refractivity contribution in [3.8, 4) is 11.5 Å². The fourth-order valence-corrected chi connectivity index (χ4v) is 2.67. The highest BCUT2D eigenvalue weighted by Crippen LogP contribution is 2.33. The van der Waals surface area contributed by atoms with E-state index in [9.17, 15) is 14.4 Å². The lowest BCUT2D eigenvalue weighted by Crippen LogP contribution is -2.05. The minimum absolute atomic E-state index is 0.108. The van der Waals surface area contributed by atoms with E-state index in [-0.39, 0.29) is 17.9 Å². The van der Waals surface area contributed by atoms with E-state index in [2.05, 4.69) is 4.98 Å². The van der Waals surface area contributed by atoms with Crippen LogP contribution in [0.2, 0.25) is 0 Å². The van der Waals surface area contributed by atoms with Gasteiger partial charge in [0.25, 0.3) is 6.47 Å². The summed E-state index contributed by atoms with van der Waals surface area (Å²) < 4.78 is 15.4. The van der Waals surface area contributed by atoms with E-state index in [0.29, 0.717) is 35.0 Å². The summed E-state index contributed by atoms with van der Waals surface area (Å²) in [6.07, 6.45) is 2.18. The van der Waals surface area contributed by atoms with Gasteiger partial charge in [-0.2, -0.15) is 0 Å². The number of carbonyl (C=O) groups is 3. The highest BCUT2D eigenvalue weighted by Gasteiger charge is 2.21. The number of hydrogen-bond donors (Lipinski definition) is 1. The van der Waals surface area contributed by atoms with Crippen LogP contribution in [0.4, 0.5) is 0 Å². The quantitative estimate of drug-likeness (QED) is 0.518. The molecule has 1 aromatic heterocycles. The second-order valence-electron chi connectivity index (χ2n) is 5.37. The number of aromatic nitrogens is 1. The van der Waals surface area contributed by atoms with Gasteiger partial charge in [0.2, 0.25) is 0 Å². The van der Waals surface area contributed by atoms with Crippen LogP contribution in [-0.4, -0.2) is 30.8 Å². The maximum absolute atomic E-state index is 12.3. The Bertz CT molecular complexity index is 975. The molecule has 0 radical (unpaired) electrons. The minimum Gasteiger partial charge on any atom is -0.465 e. The number of ether oxygens (including phenoxy) is 3. The fourth-order valence-electron chi connectivity index (χ4n) is 2.67. The third-order valence-electron chi connectivity index (χ3n) is 3.80. The van der Waals surface area contributed by atoms with E-state index < -0.39 is 5.97 Å². The Balaban J connectivity index is 2.06. The number of fused-ring (bicyclic) bond motifs is 1. The van der Waals surface area contributed by atoms with E-state index in [1.165, 1.54) is 13.3 Å². The third kappa shape index (κ3) is 3.27. The number of carbonyl (C=O) groups excluding carboxylic acids is 3. The number of hydrogen-bond acceptors (Lipinski definition) is 6. The van der Waals surface area contributed by atoms with E-state index in [1.807, 2.05) is 0 Å². The molecule has 7 nitrogen and oxygen atoms in total. The van der Waals surface area contributed by atoms with Crippen molar-refractivity contribution in [1.82, 2.24) is 4.98 Å². The van der Waals surface area contributed by atoms with Crippen LogP contribution in [0.5, 0.6) is 11.5 Å². The van der Waals surface area contributed by atoms with Crippen molar-refractivity contribution in [2.24, 2.45) is 0 Å². The lowest BCUT2D eigenvalue weighted by atomic mass is 10.1. The molecular formula is C19H15NO6. The number of aromatic amines is 1. The van der Waals surface area contributed by atoms with Gasteiger partial charge >= 0.3 is 5.97 Å². The van der Waals surface area contributed by atoms with Crippen LogP contribution in [0.15, 0.2) is 42.6 Å². The molecule has 0 atom stereocenters. The molecule has 1 N–H and O–H groups in total. The van der Waals surface area contributed by atoms with Gasteiger partial charge in [-0.15, -0.1) is 0 Å². The van der Waals surface area contributed by atoms with Crippen LogP contribution >= 0.6 is 0 Å². The van der Waals surface area contributed by atoms with Gasteiger partial charge in [-0.05, 0) is 29.8 Å². The smallest absolute Gasteiger partial charge is 0.342 e. The normalized spacial score (nSPS) is 10.3. The molecule has 0 fully saturated rings. The average molecular weight is 353 g/mol. The molecule has 0 saturated heterocycles. The van der Waals surface area contributed by atoms with Crippen LogP contribution < -0.4 is 4.74 Å². The summed E-state index contributed by atoms with van der Waals surface area (Å²) in [4.78, 5) is 36.9.